The van der Waals surface area contributed by atoms with Crippen LogP contribution in [0.2, 0.25) is 5.02 Å². The molecule has 17 heteroatoms. The Labute approximate surface area is 358 Å². The zero-order valence-electron chi connectivity index (χ0n) is 33.9. The van der Waals surface area contributed by atoms with Crippen molar-refractivity contribution in [2.24, 2.45) is 5.41 Å². The molecule has 3 aliphatic rings. The van der Waals surface area contributed by atoms with Gasteiger partial charge in [0.15, 0.2) is 5.75 Å². The summed E-state index contributed by atoms with van der Waals surface area (Å²) in [7, 11) is -4.61. The minimum Gasteiger partial charge on any atom is -0.484 e. The van der Waals surface area contributed by atoms with Crippen LogP contribution in [0.1, 0.15) is 49.0 Å². The van der Waals surface area contributed by atoms with Gasteiger partial charge in [0, 0.05) is 67.1 Å². The number of carbonyl (C=O) groups is 1. The average molecular weight is 871 g/mol. The third-order valence-corrected chi connectivity index (χ3v) is 12.9. The normalized spacial score (nSPS) is 18.5. The van der Waals surface area contributed by atoms with E-state index in [0.29, 0.717) is 37.7 Å². The molecule has 61 heavy (non-hydrogen) atoms. The van der Waals surface area contributed by atoms with Crippen LogP contribution in [0.3, 0.4) is 0 Å². The number of nitrogens with one attached hydrogen (secondary N) is 2. The summed E-state index contributed by atoms with van der Waals surface area (Å²) >= 11 is 6.23. The van der Waals surface area contributed by atoms with Crippen LogP contribution in [0.5, 0.6) is 17.2 Å². The number of anilines is 1. The minimum absolute atomic E-state index is 0.0342. The van der Waals surface area contributed by atoms with Gasteiger partial charge in [-0.1, -0.05) is 43.2 Å². The molecule has 2 fully saturated rings. The Morgan fingerprint density at radius 3 is 2.59 bits per heavy atom. The second kappa shape index (κ2) is 17.8. The number of pyridine rings is 1. The Hall–Kier alpha value is -5.52. The predicted octanol–water partition coefficient (Wildman–Crippen LogP) is 7.62. The summed E-state index contributed by atoms with van der Waals surface area (Å²) in [6, 6.07) is 19.9. The summed E-state index contributed by atoms with van der Waals surface area (Å²) in [5, 5.41) is 13.5. The molecule has 0 saturated carbocycles. The highest BCUT2D eigenvalue weighted by Crippen LogP contribution is 2.43. The van der Waals surface area contributed by atoms with E-state index in [4.69, 9.17) is 30.5 Å². The van der Waals surface area contributed by atoms with Crippen molar-refractivity contribution in [3.05, 3.63) is 117 Å². The van der Waals surface area contributed by atoms with E-state index >= 15 is 0 Å². The lowest BCUT2D eigenvalue weighted by atomic mass is 9.72. The number of carbonyl (C=O) groups excluding carboxylic acids is 1. The number of ether oxygens (including phenoxy) is 4. The molecule has 1 amide bonds. The predicted molar refractivity (Wildman–Crippen MR) is 231 cm³/mol. The summed E-state index contributed by atoms with van der Waals surface area (Å²) in [4.78, 5) is 36.8. The Balaban J connectivity index is 1.00. The third kappa shape index (κ3) is 10.0. The molecule has 8 rings (SSSR count). The molecular formula is C44H47ClN6O9S. The largest absolute Gasteiger partial charge is 0.484 e. The van der Waals surface area contributed by atoms with Crippen LogP contribution in [0.25, 0.3) is 16.6 Å². The number of aromatic nitrogens is 2. The van der Waals surface area contributed by atoms with Gasteiger partial charge in [0.2, 0.25) is 0 Å². The van der Waals surface area contributed by atoms with Crippen molar-refractivity contribution in [2.75, 3.05) is 64.1 Å². The number of halogens is 1. The van der Waals surface area contributed by atoms with Gasteiger partial charge >= 0.3 is 5.69 Å². The van der Waals surface area contributed by atoms with E-state index in [1.807, 2.05) is 18.2 Å². The number of amides is 1. The maximum Gasteiger partial charge on any atom is 0.312 e. The van der Waals surface area contributed by atoms with E-state index in [9.17, 15) is 23.3 Å². The van der Waals surface area contributed by atoms with E-state index in [2.05, 4.69) is 50.5 Å². The second-order valence-corrected chi connectivity index (χ2v) is 18.4. The summed E-state index contributed by atoms with van der Waals surface area (Å²) in [5.41, 5.74) is 5.10. The smallest absolute Gasteiger partial charge is 0.312 e. The number of nitro benzene ring substituents is 1. The van der Waals surface area contributed by atoms with Crippen LogP contribution < -0.4 is 19.1 Å². The van der Waals surface area contributed by atoms with Gasteiger partial charge in [-0.15, -0.1) is 0 Å². The van der Waals surface area contributed by atoms with Crippen molar-refractivity contribution in [3.63, 3.8) is 0 Å². The van der Waals surface area contributed by atoms with Crippen molar-refractivity contribution in [2.45, 2.75) is 44.1 Å². The Kier molecular flexibility index (Phi) is 12.3. The number of hydrogen-bond donors (Lipinski definition) is 2. The molecule has 2 saturated heterocycles. The molecule has 4 heterocycles. The van der Waals surface area contributed by atoms with Crippen LogP contribution in [0.15, 0.2) is 95.7 Å². The Morgan fingerprint density at radius 2 is 1.84 bits per heavy atom. The van der Waals surface area contributed by atoms with Crippen molar-refractivity contribution in [1.29, 1.82) is 0 Å². The first-order chi connectivity index (χ1) is 29.3. The van der Waals surface area contributed by atoms with Gasteiger partial charge in [-0.25, -0.2) is 18.1 Å². The SMILES string of the molecule is CC1(C)CCC(CN2CCN(c3ccc(C(=O)NS(=O)(=O)c4ccc(OC[C@H]5COCCO5)c([N+](=O)[O-])c4)c(Oc4cnc5[nH]ccc5c4)c3)CC2)=C(c2ccc(Cl)cc2)C1. The minimum atomic E-state index is -4.61. The van der Waals surface area contributed by atoms with Crippen molar-refractivity contribution < 1.29 is 37.1 Å². The van der Waals surface area contributed by atoms with Crippen LogP contribution in [-0.2, 0) is 19.5 Å². The summed E-state index contributed by atoms with van der Waals surface area (Å²) < 4.78 is 52.1. The number of H-pyrrole nitrogens is 1. The van der Waals surface area contributed by atoms with Crippen LogP contribution in [-0.4, -0.2) is 99.4 Å². The molecule has 5 aromatic rings. The molecule has 0 radical (unpaired) electrons. The van der Waals surface area contributed by atoms with Crippen molar-refractivity contribution in [3.8, 4) is 17.2 Å². The van der Waals surface area contributed by atoms with Gasteiger partial charge in [-0.2, -0.15) is 0 Å². The number of rotatable bonds is 13. The molecule has 2 N–H and O–H groups in total. The zero-order chi connectivity index (χ0) is 42.7. The highest BCUT2D eigenvalue weighted by atomic mass is 35.5. The molecule has 0 spiro atoms. The maximum absolute atomic E-state index is 13.9. The topological polar surface area (TPSA) is 178 Å². The molecule has 0 bridgehead atoms. The molecule has 2 aromatic heterocycles. The first-order valence-electron chi connectivity index (χ1n) is 20.2. The molecule has 3 aromatic carbocycles. The lowest BCUT2D eigenvalue weighted by Crippen LogP contribution is -2.47. The number of fused-ring (bicyclic) bond motifs is 1. The van der Waals surface area contributed by atoms with E-state index in [0.717, 1.165) is 67.1 Å². The number of nitro groups is 1. The van der Waals surface area contributed by atoms with Gasteiger partial charge in [0.25, 0.3) is 15.9 Å². The molecular weight excluding hydrogens is 824 g/mol. The molecule has 2 aliphatic heterocycles. The van der Waals surface area contributed by atoms with E-state index in [-0.39, 0.29) is 35.7 Å². The van der Waals surface area contributed by atoms with Crippen LogP contribution in [0, 0.1) is 15.5 Å². The van der Waals surface area contributed by atoms with Gasteiger partial charge in [0.1, 0.15) is 29.9 Å². The highest BCUT2D eigenvalue weighted by molar-refractivity contribution is 7.90. The number of aromatic amines is 1. The first-order valence-corrected chi connectivity index (χ1v) is 22.0. The average Bonchev–Trinajstić information content (AvgIpc) is 3.72. The van der Waals surface area contributed by atoms with Gasteiger partial charge in [-0.05, 0) is 84.3 Å². The van der Waals surface area contributed by atoms with Gasteiger partial charge < -0.3 is 28.8 Å². The summed E-state index contributed by atoms with van der Waals surface area (Å²) in [6.07, 6.45) is 6.00. The van der Waals surface area contributed by atoms with E-state index in [1.54, 1.807) is 24.4 Å². The molecule has 320 valence electrons. The summed E-state index contributed by atoms with van der Waals surface area (Å²) in [5.74, 6) is -0.694. The number of benzene rings is 3. The Morgan fingerprint density at radius 1 is 1.03 bits per heavy atom. The molecule has 1 aliphatic carbocycles. The Bertz CT molecular complexity index is 2570. The fourth-order valence-electron chi connectivity index (χ4n) is 7.96. The number of sulfonamides is 1. The number of allylic oxidation sites excluding steroid dienone is 1. The number of nitrogens with zero attached hydrogens (tertiary/aromatic N) is 4. The quantitative estimate of drug-likeness (QED) is 0.0875. The molecule has 15 nitrogen and oxygen atoms in total. The monoisotopic (exact) mass is 870 g/mol. The maximum atomic E-state index is 13.9. The van der Waals surface area contributed by atoms with E-state index in [1.165, 1.54) is 35.0 Å². The fraction of sp³-hybridized carbons (Fsp3) is 0.364. The lowest BCUT2D eigenvalue weighted by Gasteiger charge is -2.39. The molecule has 0 unspecified atom stereocenters. The van der Waals surface area contributed by atoms with Crippen molar-refractivity contribution in [1.82, 2.24) is 19.6 Å². The second-order valence-electron chi connectivity index (χ2n) is 16.3. The number of hydrogen-bond acceptors (Lipinski definition) is 12. The zero-order valence-corrected chi connectivity index (χ0v) is 35.5. The van der Waals surface area contributed by atoms with E-state index < -0.39 is 37.5 Å². The fourth-order valence-corrected chi connectivity index (χ4v) is 9.07. The molecule has 1 atom stereocenters. The lowest BCUT2D eigenvalue weighted by molar-refractivity contribution is -0.386. The summed E-state index contributed by atoms with van der Waals surface area (Å²) in [6.45, 7) is 9.61. The standard InChI is InChI=1S/C44H47ClN6O9S/c1-44(2)13-11-31(38(24-44)29-3-5-32(45)6-4-29)26-49-15-17-50(18-16-49)33-7-9-37(41(22-33)60-34-21-30-12-14-46-42(30)47-25-34)43(52)48-61(55,56)36-8-10-40(39(23-36)51(53)54)59-28-35-27-57-19-20-58-35/h3-10,12,14,21-23,25,35H,11,13,15-20,24,26-28H2,1-2H3,(H,46,47)(H,48,52)/t35-/m1/s1. The van der Waals surface area contributed by atoms with Crippen molar-refractivity contribution >= 4 is 55.5 Å². The van der Waals surface area contributed by atoms with Gasteiger partial charge in [0.05, 0.1) is 41.4 Å². The van der Waals surface area contributed by atoms with Crippen LogP contribution in [0.4, 0.5) is 11.4 Å². The van der Waals surface area contributed by atoms with Gasteiger partial charge in [-0.3, -0.25) is 19.8 Å². The third-order valence-electron chi connectivity index (χ3n) is 11.3. The van der Waals surface area contributed by atoms with Crippen LogP contribution >= 0.6 is 11.6 Å². The first kappa shape index (κ1) is 42.2. The number of piperazine rings is 1. The highest BCUT2D eigenvalue weighted by Gasteiger charge is 2.31.